The lowest BCUT2D eigenvalue weighted by molar-refractivity contribution is -0.117. The lowest BCUT2D eigenvalue weighted by Gasteiger charge is -2.58. The van der Waals surface area contributed by atoms with Gasteiger partial charge < -0.3 is 0 Å². The summed E-state index contributed by atoms with van der Waals surface area (Å²) < 4.78 is 0. The van der Waals surface area contributed by atoms with E-state index in [0.717, 1.165) is 37.0 Å². The molecule has 3 nitrogen and oxygen atoms in total. The molecule has 0 saturated heterocycles. The van der Waals surface area contributed by atoms with Gasteiger partial charge in [-0.3, -0.25) is 14.8 Å². The highest BCUT2D eigenvalue weighted by Gasteiger charge is 2.60. The molecule has 5 aliphatic rings. The van der Waals surface area contributed by atoms with Gasteiger partial charge in [-0.2, -0.15) is 0 Å². The van der Waals surface area contributed by atoms with Crippen LogP contribution in [0.15, 0.2) is 21.6 Å². The van der Waals surface area contributed by atoms with Crippen LogP contribution in [-0.4, -0.2) is 24.4 Å². The minimum Gasteiger partial charge on any atom is -0.295 e. The molecule has 6 atom stereocenters. The lowest BCUT2D eigenvalue weighted by atomic mass is 9.47. The molecule has 134 valence electrons. The molecule has 0 aromatic rings. The fraction of sp³-hybridized carbons (Fsp3) is 0.773. The van der Waals surface area contributed by atoms with Crippen molar-refractivity contribution in [3.05, 3.63) is 11.6 Å². The van der Waals surface area contributed by atoms with E-state index in [1.807, 2.05) is 18.5 Å². The van der Waals surface area contributed by atoms with Crippen molar-refractivity contribution >= 4 is 18.2 Å². The maximum absolute atomic E-state index is 11.9. The Balaban J connectivity index is 1.46. The molecule has 1 aliphatic heterocycles. The van der Waals surface area contributed by atoms with E-state index in [-0.39, 0.29) is 6.17 Å². The average molecular weight is 338 g/mol. The summed E-state index contributed by atoms with van der Waals surface area (Å²) in [5.74, 6) is 3.45. The Morgan fingerprint density at radius 1 is 0.920 bits per heavy atom. The van der Waals surface area contributed by atoms with Crippen LogP contribution in [0.5, 0.6) is 0 Å². The fourth-order valence-corrected chi connectivity index (χ4v) is 7.59. The highest BCUT2D eigenvalue weighted by molar-refractivity contribution is 6.17. The topological polar surface area (TPSA) is 41.8 Å². The van der Waals surface area contributed by atoms with Gasteiger partial charge >= 0.3 is 0 Å². The summed E-state index contributed by atoms with van der Waals surface area (Å²) in [6.07, 6.45) is 15.6. The molecule has 4 aliphatic carbocycles. The van der Waals surface area contributed by atoms with Gasteiger partial charge in [0.05, 0.1) is 0 Å². The molecule has 0 aromatic carbocycles. The first-order valence-corrected chi connectivity index (χ1v) is 10.3. The van der Waals surface area contributed by atoms with Gasteiger partial charge in [0.2, 0.25) is 0 Å². The van der Waals surface area contributed by atoms with Crippen molar-refractivity contribution in [2.75, 3.05) is 0 Å². The first-order chi connectivity index (χ1) is 12.0. The molecular weight excluding hydrogens is 308 g/mol. The smallest absolute Gasteiger partial charge is 0.155 e. The molecule has 5 rings (SSSR count). The monoisotopic (exact) mass is 338 g/mol. The summed E-state index contributed by atoms with van der Waals surface area (Å²) in [6, 6.07) is 0. The molecule has 3 heteroatoms. The van der Waals surface area contributed by atoms with Gasteiger partial charge in [-0.25, -0.2) is 0 Å². The fourth-order valence-electron chi connectivity index (χ4n) is 7.59. The molecule has 0 unspecified atom stereocenters. The molecule has 1 heterocycles. The molecule has 0 radical (unpaired) electrons. The van der Waals surface area contributed by atoms with Gasteiger partial charge in [0.15, 0.2) is 5.78 Å². The predicted molar refractivity (Wildman–Crippen MR) is 101 cm³/mol. The molecule has 25 heavy (non-hydrogen) atoms. The van der Waals surface area contributed by atoms with E-state index >= 15 is 0 Å². The summed E-state index contributed by atoms with van der Waals surface area (Å²) in [5.41, 5.74) is 2.18. The van der Waals surface area contributed by atoms with Crippen LogP contribution in [0, 0.1) is 34.5 Å². The van der Waals surface area contributed by atoms with E-state index in [1.165, 1.54) is 37.7 Å². The molecule has 0 amide bonds. The van der Waals surface area contributed by atoms with Crippen molar-refractivity contribution in [1.29, 1.82) is 0 Å². The first-order valence-electron chi connectivity index (χ1n) is 10.3. The van der Waals surface area contributed by atoms with Crippen molar-refractivity contribution < 1.29 is 4.79 Å². The van der Waals surface area contributed by atoms with Crippen molar-refractivity contribution in [3.63, 3.8) is 0 Å². The van der Waals surface area contributed by atoms with Crippen molar-refractivity contribution in [1.82, 2.24) is 0 Å². The van der Waals surface area contributed by atoms with Crippen LogP contribution in [0.25, 0.3) is 0 Å². The largest absolute Gasteiger partial charge is 0.295 e. The molecule has 3 saturated carbocycles. The van der Waals surface area contributed by atoms with Crippen molar-refractivity contribution in [3.8, 4) is 0 Å². The van der Waals surface area contributed by atoms with Crippen LogP contribution in [0.3, 0.4) is 0 Å². The van der Waals surface area contributed by atoms with E-state index in [0.29, 0.717) is 22.5 Å². The average Bonchev–Trinajstić information content (AvgIpc) is 3.22. The lowest BCUT2D eigenvalue weighted by Crippen LogP contribution is -2.51. The molecule has 0 spiro atoms. The van der Waals surface area contributed by atoms with Crippen LogP contribution < -0.4 is 0 Å². The van der Waals surface area contributed by atoms with Gasteiger partial charge in [-0.15, -0.1) is 0 Å². The van der Waals surface area contributed by atoms with E-state index in [4.69, 9.17) is 0 Å². The Labute approximate surface area is 151 Å². The van der Waals surface area contributed by atoms with Crippen LogP contribution in [0.4, 0.5) is 0 Å². The number of hydrogen-bond acceptors (Lipinski definition) is 3. The first kappa shape index (κ1) is 16.0. The Kier molecular flexibility index (Phi) is 3.43. The second kappa shape index (κ2) is 5.37. The summed E-state index contributed by atoms with van der Waals surface area (Å²) in [7, 11) is 0. The van der Waals surface area contributed by atoms with Gasteiger partial charge in [0.25, 0.3) is 0 Å². The maximum atomic E-state index is 11.9. The Hall–Kier alpha value is -1.25. The van der Waals surface area contributed by atoms with E-state index < -0.39 is 0 Å². The normalized spacial score (nSPS) is 48.9. The van der Waals surface area contributed by atoms with Crippen LogP contribution >= 0.6 is 0 Å². The van der Waals surface area contributed by atoms with E-state index in [2.05, 4.69) is 23.8 Å². The highest BCUT2D eigenvalue weighted by atomic mass is 16.1. The van der Waals surface area contributed by atoms with Gasteiger partial charge in [-0.05, 0) is 79.6 Å². The molecule has 0 bridgehead atoms. The molecule has 3 fully saturated rings. The minimum atomic E-state index is 0.188. The Morgan fingerprint density at radius 3 is 2.48 bits per heavy atom. The zero-order valence-electron chi connectivity index (χ0n) is 15.6. The van der Waals surface area contributed by atoms with Crippen molar-refractivity contribution in [2.45, 2.75) is 71.4 Å². The Bertz CT molecular complexity index is 680. The second-order valence-corrected chi connectivity index (χ2v) is 9.71. The van der Waals surface area contributed by atoms with Gasteiger partial charge in [0.1, 0.15) is 6.17 Å². The number of hydrogen-bond donors (Lipinski definition) is 0. The number of ketones is 1. The Morgan fingerprint density at radius 2 is 1.68 bits per heavy atom. The summed E-state index contributed by atoms with van der Waals surface area (Å²) >= 11 is 0. The summed E-state index contributed by atoms with van der Waals surface area (Å²) in [5, 5.41) is 0. The number of allylic oxidation sites excluding steroid dienone is 1. The van der Waals surface area contributed by atoms with Crippen LogP contribution in [0.2, 0.25) is 0 Å². The third-order valence-electron chi connectivity index (χ3n) is 8.94. The maximum Gasteiger partial charge on any atom is 0.155 e. The van der Waals surface area contributed by atoms with Gasteiger partial charge in [0, 0.05) is 24.8 Å². The number of fused-ring (bicyclic) bond motifs is 5. The second-order valence-electron chi connectivity index (χ2n) is 9.71. The molecule has 0 aromatic heterocycles. The molecule has 0 N–H and O–H groups in total. The van der Waals surface area contributed by atoms with Crippen molar-refractivity contribution in [2.24, 2.45) is 44.5 Å². The van der Waals surface area contributed by atoms with E-state index in [9.17, 15) is 4.79 Å². The predicted octanol–water partition coefficient (Wildman–Crippen LogP) is 4.62. The van der Waals surface area contributed by atoms with E-state index in [1.54, 1.807) is 0 Å². The third-order valence-corrected chi connectivity index (χ3v) is 8.94. The van der Waals surface area contributed by atoms with Gasteiger partial charge in [-0.1, -0.05) is 19.4 Å². The SMILES string of the molecule is C[C@]12CC[C@H]3[C@@H](CCC4=CC(=O)CC[C@@]43C)[C@@H]1CC[C@@H]2C1N=CC=N1. The molecular formula is C22H30N2O. The van der Waals surface area contributed by atoms with Crippen LogP contribution in [-0.2, 0) is 4.79 Å². The number of nitrogens with zero attached hydrogens (tertiary/aromatic N) is 2. The zero-order chi connectivity index (χ0) is 17.2. The summed E-state index contributed by atoms with van der Waals surface area (Å²) in [6.45, 7) is 5.02. The summed E-state index contributed by atoms with van der Waals surface area (Å²) in [4.78, 5) is 21.2. The quantitative estimate of drug-likeness (QED) is 0.688. The number of rotatable bonds is 1. The number of aliphatic imine (C=N–C) groups is 2. The number of carbonyl (C=O) groups excluding carboxylic acids is 1. The number of carbonyl (C=O) groups is 1. The highest BCUT2D eigenvalue weighted by Crippen LogP contribution is 2.67. The van der Waals surface area contributed by atoms with Crippen LogP contribution in [0.1, 0.15) is 65.2 Å². The third kappa shape index (κ3) is 2.13. The standard InChI is InChI=1S/C22H30N2O/c1-21-9-7-15(25)13-14(21)3-4-16-17-5-6-19(20-23-11-12-24-20)22(17,2)10-8-18(16)21/h11-13,16-20H,3-10H2,1-2H3/t16-,17-,18-,19+,21-,22-/m0/s1. The zero-order valence-corrected chi connectivity index (χ0v) is 15.6. The minimum absolute atomic E-state index is 0.188.